The molecule has 1 aromatic rings. The second-order valence-corrected chi connectivity index (χ2v) is 3.06. The summed E-state index contributed by atoms with van der Waals surface area (Å²) in [5.41, 5.74) is 2.95. The number of nitrogens with one attached hydrogen (secondary N) is 1. The molecule has 0 aliphatic rings. The van der Waals surface area contributed by atoms with E-state index < -0.39 is 0 Å². The zero-order valence-electron chi connectivity index (χ0n) is 8.54. The lowest BCUT2D eigenvalue weighted by atomic mass is 10.1. The standard InChI is InChI=1S/C11H15NO2/c1-3-14-7-10-5-4-9(2)6-11(10)12-8-13/h4-6,8H,3,7H2,1-2H3,(H,12,13). The number of rotatable bonds is 5. The van der Waals surface area contributed by atoms with E-state index in [1.165, 1.54) is 0 Å². The molecule has 3 nitrogen and oxygen atoms in total. The molecule has 0 spiro atoms. The van der Waals surface area contributed by atoms with Crippen molar-refractivity contribution in [2.75, 3.05) is 11.9 Å². The molecule has 14 heavy (non-hydrogen) atoms. The number of aryl methyl sites for hydroxylation is 1. The predicted octanol–water partition coefficient (Wildman–Crippen LogP) is 2.10. The van der Waals surface area contributed by atoms with Gasteiger partial charge in [-0.1, -0.05) is 12.1 Å². The van der Waals surface area contributed by atoms with Crippen molar-refractivity contribution in [1.29, 1.82) is 0 Å². The number of carbonyl (C=O) groups is 1. The molecule has 0 aromatic heterocycles. The van der Waals surface area contributed by atoms with Crippen molar-refractivity contribution >= 4 is 12.1 Å². The van der Waals surface area contributed by atoms with Crippen LogP contribution in [-0.2, 0) is 16.1 Å². The third kappa shape index (κ3) is 2.85. The van der Waals surface area contributed by atoms with Crippen LogP contribution in [0.5, 0.6) is 0 Å². The van der Waals surface area contributed by atoms with Gasteiger partial charge in [0.2, 0.25) is 6.41 Å². The lowest BCUT2D eigenvalue weighted by Crippen LogP contribution is -2.01. The first-order valence-electron chi connectivity index (χ1n) is 4.65. The highest BCUT2D eigenvalue weighted by atomic mass is 16.5. The van der Waals surface area contributed by atoms with E-state index in [0.717, 1.165) is 16.8 Å². The van der Waals surface area contributed by atoms with E-state index in [0.29, 0.717) is 19.6 Å². The quantitative estimate of drug-likeness (QED) is 0.727. The molecule has 1 amide bonds. The monoisotopic (exact) mass is 193 g/mol. The summed E-state index contributed by atoms with van der Waals surface area (Å²) < 4.78 is 5.29. The molecule has 0 aliphatic carbocycles. The first-order valence-corrected chi connectivity index (χ1v) is 4.65. The van der Waals surface area contributed by atoms with E-state index in [1.54, 1.807) is 0 Å². The van der Waals surface area contributed by atoms with Crippen LogP contribution >= 0.6 is 0 Å². The summed E-state index contributed by atoms with van der Waals surface area (Å²) in [5.74, 6) is 0. The number of hydrogen-bond acceptors (Lipinski definition) is 2. The SMILES string of the molecule is CCOCc1ccc(C)cc1NC=O. The van der Waals surface area contributed by atoms with E-state index in [1.807, 2.05) is 32.0 Å². The highest BCUT2D eigenvalue weighted by molar-refractivity contribution is 5.73. The summed E-state index contributed by atoms with van der Waals surface area (Å²) >= 11 is 0. The number of hydrogen-bond donors (Lipinski definition) is 1. The van der Waals surface area contributed by atoms with Crippen LogP contribution in [0.25, 0.3) is 0 Å². The molecule has 0 aliphatic heterocycles. The molecule has 0 heterocycles. The Balaban J connectivity index is 2.83. The molecule has 1 N–H and O–H groups in total. The molecule has 0 radical (unpaired) electrons. The average molecular weight is 193 g/mol. The Bertz CT molecular complexity index is 310. The Labute approximate surface area is 84.1 Å². The van der Waals surface area contributed by atoms with Crippen LogP contribution in [0.2, 0.25) is 0 Å². The third-order valence-corrected chi connectivity index (χ3v) is 1.94. The van der Waals surface area contributed by atoms with Gasteiger partial charge in [-0.05, 0) is 25.5 Å². The van der Waals surface area contributed by atoms with E-state index in [9.17, 15) is 4.79 Å². The fourth-order valence-electron chi connectivity index (χ4n) is 1.23. The second kappa shape index (κ2) is 5.40. The van der Waals surface area contributed by atoms with E-state index >= 15 is 0 Å². The van der Waals surface area contributed by atoms with Crippen LogP contribution in [-0.4, -0.2) is 13.0 Å². The minimum Gasteiger partial charge on any atom is -0.377 e. The number of anilines is 1. The van der Waals surface area contributed by atoms with Gasteiger partial charge < -0.3 is 10.1 Å². The van der Waals surface area contributed by atoms with Crippen molar-refractivity contribution in [3.8, 4) is 0 Å². The minimum atomic E-state index is 0.535. The average Bonchev–Trinajstić information content (AvgIpc) is 2.17. The van der Waals surface area contributed by atoms with Gasteiger partial charge in [0, 0.05) is 17.9 Å². The van der Waals surface area contributed by atoms with Crippen LogP contribution in [0, 0.1) is 6.92 Å². The van der Waals surface area contributed by atoms with Crippen LogP contribution in [0.3, 0.4) is 0 Å². The van der Waals surface area contributed by atoms with Crippen molar-refractivity contribution in [1.82, 2.24) is 0 Å². The van der Waals surface area contributed by atoms with Gasteiger partial charge in [0.1, 0.15) is 0 Å². The maximum atomic E-state index is 10.4. The van der Waals surface area contributed by atoms with Gasteiger partial charge in [0.15, 0.2) is 0 Å². The molecule has 76 valence electrons. The van der Waals surface area contributed by atoms with Gasteiger partial charge >= 0.3 is 0 Å². The van der Waals surface area contributed by atoms with Gasteiger partial charge in [-0.25, -0.2) is 0 Å². The van der Waals surface area contributed by atoms with Crippen molar-refractivity contribution in [3.05, 3.63) is 29.3 Å². The predicted molar refractivity (Wildman–Crippen MR) is 56.2 cm³/mol. The van der Waals surface area contributed by atoms with E-state index in [2.05, 4.69) is 5.32 Å². The third-order valence-electron chi connectivity index (χ3n) is 1.94. The normalized spacial score (nSPS) is 9.86. The van der Waals surface area contributed by atoms with Gasteiger partial charge in [-0.2, -0.15) is 0 Å². The molecule has 0 atom stereocenters. The highest BCUT2D eigenvalue weighted by Gasteiger charge is 2.01. The second-order valence-electron chi connectivity index (χ2n) is 3.06. The van der Waals surface area contributed by atoms with Crippen LogP contribution in [0.4, 0.5) is 5.69 Å². The van der Waals surface area contributed by atoms with Gasteiger partial charge in [0.05, 0.1) is 6.61 Å². The van der Waals surface area contributed by atoms with Crippen molar-refractivity contribution in [2.24, 2.45) is 0 Å². The minimum absolute atomic E-state index is 0.535. The summed E-state index contributed by atoms with van der Waals surface area (Å²) in [5, 5.41) is 2.67. The number of amides is 1. The zero-order valence-corrected chi connectivity index (χ0v) is 8.54. The Morgan fingerprint density at radius 2 is 2.29 bits per heavy atom. The molecule has 1 rings (SSSR count). The summed E-state index contributed by atoms with van der Waals surface area (Å²) in [7, 11) is 0. The smallest absolute Gasteiger partial charge is 0.211 e. The van der Waals surface area contributed by atoms with Crippen molar-refractivity contribution in [2.45, 2.75) is 20.5 Å². The van der Waals surface area contributed by atoms with Crippen LogP contribution in [0.1, 0.15) is 18.1 Å². The van der Waals surface area contributed by atoms with Gasteiger partial charge in [-0.15, -0.1) is 0 Å². The van der Waals surface area contributed by atoms with Crippen LogP contribution in [0.15, 0.2) is 18.2 Å². The van der Waals surface area contributed by atoms with Crippen molar-refractivity contribution in [3.63, 3.8) is 0 Å². The highest BCUT2D eigenvalue weighted by Crippen LogP contribution is 2.17. The summed E-state index contributed by atoms with van der Waals surface area (Å²) in [6, 6.07) is 5.91. The molecule has 0 bridgehead atoms. The zero-order chi connectivity index (χ0) is 10.4. The molecule has 0 unspecified atom stereocenters. The summed E-state index contributed by atoms with van der Waals surface area (Å²) in [4.78, 5) is 10.4. The number of carbonyl (C=O) groups excluding carboxylic acids is 1. The molecule has 1 aromatic carbocycles. The number of benzene rings is 1. The molecule has 0 fully saturated rings. The fourth-order valence-corrected chi connectivity index (χ4v) is 1.23. The number of ether oxygens (including phenoxy) is 1. The fraction of sp³-hybridized carbons (Fsp3) is 0.364. The Morgan fingerprint density at radius 3 is 2.93 bits per heavy atom. The Hall–Kier alpha value is -1.35. The van der Waals surface area contributed by atoms with Crippen molar-refractivity contribution < 1.29 is 9.53 Å². The Morgan fingerprint density at radius 1 is 1.50 bits per heavy atom. The molecular weight excluding hydrogens is 178 g/mol. The molecule has 3 heteroatoms. The lowest BCUT2D eigenvalue weighted by molar-refractivity contribution is -0.105. The molecule has 0 saturated carbocycles. The van der Waals surface area contributed by atoms with Gasteiger partial charge in [-0.3, -0.25) is 4.79 Å². The van der Waals surface area contributed by atoms with Crippen LogP contribution < -0.4 is 5.32 Å². The van der Waals surface area contributed by atoms with Gasteiger partial charge in [0.25, 0.3) is 0 Å². The maximum absolute atomic E-state index is 10.4. The Kier molecular flexibility index (Phi) is 4.13. The topological polar surface area (TPSA) is 38.3 Å². The first-order chi connectivity index (χ1) is 6.77. The molecular formula is C11H15NO2. The largest absolute Gasteiger partial charge is 0.377 e. The first kappa shape index (κ1) is 10.7. The summed E-state index contributed by atoms with van der Waals surface area (Å²) in [6.45, 7) is 5.14. The maximum Gasteiger partial charge on any atom is 0.211 e. The van der Waals surface area contributed by atoms with E-state index in [4.69, 9.17) is 4.74 Å². The van der Waals surface area contributed by atoms with E-state index in [-0.39, 0.29) is 0 Å². The summed E-state index contributed by atoms with van der Waals surface area (Å²) in [6.07, 6.45) is 0.685. The molecule has 0 saturated heterocycles. The lowest BCUT2D eigenvalue weighted by Gasteiger charge is -2.09.